The van der Waals surface area contributed by atoms with Crippen molar-refractivity contribution in [2.75, 3.05) is 99.0 Å². The molecule has 11 N–H and O–H groups in total. The Morgan fingerprint density at radius 1 is 0.760 bits per heavy atom. The van der Waals surface area contributed by atoms with Crippen molar-refractivity contribution in [1.82, 2.24) is 31.6 Å². The maximum absolute atomic E-state index is 14.7. The normalized spacial score (nSPS) is 30.7. The number of nitrogens with one attached hydrogen (secondary N) is 6. The number of hydroxylamine groups is 1. The highest BCUT2D eigenvalue weighted by molar-refractivity contribution is 14.1. The molecule has 37 nitrogen and oxygen atoms in total. The second-order valence-corrected chi connectivity index (χ2v) is 38.6. The lowest BCUT2D eigenvalue weighted by atomic mass is 9.75. The first-order valence-corrected chi connectivity index (χ1v) is 48.5. The van der Waals surface area contributed by atoms with Crippen LogP contribution in [0.3, 0.4) is 0 Å². The van der Waals surface area contributed by atoms with Crippen LogP contribution in [0, 0.1) is 57.8 Å². The highest BCUT2D eigenvalue weighted by atomic mass is 127. The molecule has 4 heterocycles. The van der Waals surface area contributed by atoms with Gasteiger partial charge in [-0.1, -0.05) is 101 Å². The van der Waals surface area contributed by atoms with Crippen LogP contribution < -0.4 is 46.3 Å². The summed E-state index contributed by atoms with van der Waals surface area (Å²) in [5.41, 5.74) is 1.75. The fourth-order valence-corrected chi connectivity index (χ4v) is 20.4. The number of hydrogen-bond donors (Lipinski definition) is 11. The molecular formula is C87H118IN7O30S4. The number of aliphatic hydroxyl groups excluding tert-OH is 4. The van der Waals surface area contributed by atoms with Crippen molar-refractivity contribution < 1.29 is 145 Å². The van der Waals surface area contributed by atoms with Crippen molar-refractivity contribution in [2.24, 2.45) is 23.7 Å². The van der Waals surface area contributed by atoms with E-state index in [0.717, 1.165) is 44.6 Å². The van der Waals surface area contributed by atoms with Crippen molar-refractivity contribution in [1.29, 1.82) is 0 Å². The molecule has 2 aromatic carbocycles. The van der Waals surface area contributed by atoms with Gasteiger partial charge in [0.2, 0.25) is 29.0 Å². The van der Waals surface area contributed by atoms with Crippen molar-refractivity contribution >= 4 is 119 Å². The molecule has 0 aromatic heterocycles. The van der Waals surface area contributed by atoms with E-state index in [1.165, 1.54) is 83.8 Å². The molecule has 8 aliphatic rings. The van der Waals surface area contributed by atoms with E-state index < -0.39 is 187 Å². The highest BCUT2D eigenvalue weighted by Crippen LogP contribution is 2.53. The number of methoxy groups -OCH3 is 5. The van der Waals surface area contributed by atoms with Crippen LogP contribution in [0.5, 0.6) is 17.2 Å². The number of likely N-dealkylation sites (N-methyl/N-ethyl adjacent to an activating group) is 1. The zero-order valence-corrected chi connectivity index (χ0v) is 79.7. The van der Waals surface area contributed by atoms with Gasteiger partial charge in [0.1, 0.15) is 61.9 Å². The van der Waals surface area contributed by atoms with Gasteiger partial charge in [0.15, 0.2) is 41.8 Å². The number of rotatable bonds is 38. The summed E-state index contributed by atoms with van der Waals surface area (Å²) in [6, 6.07) is 2.27. The number of ether oxygens (including phenoxy) is 16. The molecule has 1 saturated carbocycles. The second-order valence-electron chi connectivity index (χ2n) is 32.0. The van der Waals surface area contributed by atoms with Crippen molar-refractivity contribution in [3.63, 3.8) is 0 Å². The molecule has 6 amide bonds. The lowest BCUT2D eigenvalue weighted by Gasteiger charge is -2.47. The average molecular weight is 2000 g/mol. The second kappa shape index (κ2) is 49.7. The molecule has 712 valence electrons. The third kappa shape index (κ3) is 27.1. The Labute approximate surface area is 779 Å². The average Bonchev–Trinajstić information content (AvgIpc) is 1.19. The van der Waals surface area contributed by atoms with E-state index >= 15 is 0 Å². The summed E-state index contributed by atoms with van der Waals surface area (Å²) in [6.45, 7) is 13.4. The molecule has 42 heteroatoms. The summed E-state index contributed by atoms with van der Waals surface area (Å²) in [6.07, 6.45) is -7.92. The van der Waals surface area contributed by atoms with E-state index in [1.807, 2.05) is 28.8 Å². The third-order valence-electron chi connectivity index (χ3n) is 23.2. The van der Waals surface area contributed by atoms with Gasteiger partial charge in [-0.3, -0.25) is 29.3 Å². The number of thioether (sulfide) groups is 1. The number of alkyl carbamates (subject to hydrolysis) is 3. The predicted octanol–water partition coefficient (Wildman–Crippen LogP) is 7.18. The summed E-state index contributed by atoms with van der Waals surface area (Å²) in [5.74, 6) is 11.0. The molecule has 129 heavy (non-hydrogen) atoms. The number of fused-ring (bicyclic) bond motifs is 3. The van der Waals surface area contributed by atoms with E-state index in [2.05, 4.69) is 67.9 Å². The minimum atomic E-state index is -2.15. The largest absolute Gasteiger partial charge is 0.492 e. The number of hydrogen-bond acceptors (Lipinski definition) is 35. The number of amides is 6. The molecule has 2 aromatic rings. The first-order chi connectivity index (χ1) is 61.8. The Balaban J connectivity index is 0.767. The summed E-state index contributed by atoms with van der Waals surface area (Å²) >= 11 is 2.76. The Morgan fingerprint density at radius 3 is 2.14 bits per heavy atom. The molecule has 8 unspecified atom stereocenters. The number of carbonyl (C=O) groups is 8. The maximum atomic E-state index is 14.7. The Kier molecular flexibility index (Phi) is 40.0. The standard InChI is InChI=1S/C87H118IN7O30S4/c1-15-95(86(107)118-41-50-27-29-51(30-28-50)91-78(101)46(5)90-79(102)66(44(2)3)92-85(106)115-36-35-114-34-33-89-83(104)117-42-54-52-24-20-16-17-21-25-53(52)54)56-43-116-61(39-60(56)109-9)123-75-70(99)67(47(6)120-82(75)122-59-26-22-18-19-23-32-87(108)40-58(97)68(93-84(105)113-13)64(59)55(87)31-37-127-129-126-14)94-125-62-38-57(96)77(49(8)119-62)128-80(103)63-45(4)65(88)73(76(112-12)72(63)110-10)124-81-71(100)74(111-11)69(98)48(7)121-81/h16-19,27-31,44,46-49,52-54,56-57,59-62,66-67,69-71,74-75,77,81-82,94,96,98-100,108H,15,20-21,24-25,33-43H2,1-14H3,(H,89,104)(H,90,102)(H,91,101)(H,92,106)(H,93,105)/b17-16-,19-18-,55-31+/t46-,47?,48?,49?,52-,53+,54?,56-,57+,59-,60?,61-,62-,66-,67+,69-,70?,71-,74?,75?,77+,81-,82-,87+/m0/s1. The van der Waals surface area contributed by atoms with E-state index in [9.17, 15) is 63.9 Å². The van der Waals surface area contributed by atoms with Gasteiger partial charge in [-0.05, 0) is 165 Å². The van der Waals surface area contributed by atoms with Gasteiger partial charge in [-0.25, -0.2) is 19.2 Å². The van der Waals surface area contributed by atoms with Crippen LogP contribution in [-0.2, 0) is 87.4 Å². The van der Waals surface area contributed by atoms with Crippen molar-refractivity contribution in [2.45, 2.75) is 234 Å². The van der Waals surface area contributed by atoms with Gasteiger partial charge in [-0.2, -0.15) is 5.48 Å². The number of allylic oxidation sites excluding steroid dienone is 5. The van der Waals surface area contributed by atoms with Gasteiger partial charge in [0.05, 0.1) is 117 Å². The van der Waals surface area contributed by atoms with Gasteiger partial charge in [0, 0.05) is 62.7 Å². The van der Waals surface area contributed by atoms with E-state index in [1.54, 1.807) is 78.8 Å². The van der Waals surface area contributed by atoms with Crippen molar-refractivity contribution in [3.8, 4) is 40.9 Å². The summed E-state index contributed by atoms with van der Waals surface area (Å²) < 4.78 is 95.7. The third-order valence-corrected chi connectivity index (χ3v) is 29.6. The number of carbonyl (C=O) groups excluding carboxylic acids is 8. The van der Waals surface area contributed by atoms with E-state index in [0.29, 0.717) is 44.7 Å². The fraction of sp³-hybridized carbons (Fsp3) is 0.632. The SMILES string of the molecule is CCN(C(=O)OCc1ccc(NC(=O)[C@H](C)NC(=O)[C@@H](NC(=O)OCCOCCNC(=O)OCC2[C@H]3CC/C=C\CC[C@@H]23)C(C)C)cc1)[C@H]1CO[C@@H](OC2C(O)[C@H](NO[C@H]3C[C@@H](O)[C@H](SC(=O)c4c(C)c(I)c(O[C@@H]5OC(C)[C@H](O)C(OC)[C@@H]5O)c(OC)c4OC)C(C)O3)C(C)O[C@H]2O[C@H]2C#C/C=C\C#C[C@@]3(O)CC(=O)C(NC(=O)OC)=C2/C3=C\CSSSC)CC1OC. The molecule has 0 radical (unpaired) electrons. The molecule has 4 aliphatic heterocycles. The fourth-order valence-electron chi connectivity index (χ4n) is 16.2. The Morgan fingerprint density at radius 2 is 1.47 bits per heavy atom. The number of anilines is 1. The summed E-state index contributed by atoms with van der Waals surface area (Å²) in [4.78, 5) is 116. The van der Waals surface area contributed by atoms with Crippen LogP contribution in [-0.4, -0.2) is 299 Å². The number of aliphatic hydroxyl groups is 5. The Hall–Kier alpha value is -7.23. The van der Waals surface area contributed by atoms with E-state index in [-0.39, 0.29) is 104 Å². The monoisotopic (exact) mass is 2000 g/mol. The number of benzene rings is 2. The molecule has 0 spiro atoms. The molecule has 4 aliphatic carbocycles. The molecule has 2 bridgehead atoms. The van der Waals surface area contributed by atoms with E-state index in [4.69, 9.17) is 80.6 Å². The van der Waals surface area contributed by atoms with Gasteiger partial charge < -0.3 is 127 Å². The lowest BCUT2D eigenvalue weighted by molar-refractivity contribution is -0.337. The number of ketones is 1. The maximum Gasteiger partial charge on any atom is 0.411 e. The first-order valence-electron chi connectivity index (χ1n) is 42.5. The molecule has 10 rings (SSSR count). The van der Waals surface area contributed by atoms with Crippen LogP contribution in [0.4, 0.5) is 24.9 Å². The quantitative estimate of drug-likeness (QED) is 0.00603. The summed E-state index contributed by atoms with van der Waals surface area (Å²) in [5, 5.41) is 70.9. The summed E-state index contributed by atoms with van der Waals surface area (Å²) in [7, 11) is 10.9. The van der Waals surface area contributed by atoms with Crippen LogP contribution in [0.2, 0.25) is 0 Å². The molecule has 4 saturated heterocycles. The molecular weight excluding hydrogens is 1880 g/mol. The zero-order chi connectivity index (χ0) is 93.5. The number of Topliss-reactive ketones (excluding diaryl/α,β-unsaturated/α-hetero) is 1. The van der Waals surface area contributed by atoms with Crippen molar-refractivity contribution in [3.05, 3.63) is 91.7 Å². The van der Waals surface area contributed by atoms with Gasteiger partial charge in [-0.15, -0.1) is 0 Å². The Bertz CT molecular complexity index is 4450. The zero-order valence-electron chi connectivity index (χ0n) is 74.3. The van der Waals surface area contributed by atoms with Crippen LogP contribution in [0.25, 0.3) is 0 Å². The van der Waals surface area contributed by atoms with Crippen LogP contribution >= 0.6 is 65.8 Å². The van der Waals surface area contributed by atoms with Gasteiger partial charge in [0.25, 0.3) is 0 Å². The predicted molar refractivity (Wildman–Crippen MR) is 483 cm³/mol. The molecule has 24 atom stereocenters. The number of nitrogens with zero attached hydrogens (tertiary/aromatic N) is 1. The lowest BCUT2D eigenvalue weighted by Crippen LogP contribution is -2.65. The minimum Gasteiger partial charge on any atom is -0.492 e. The van der Waals surface area contributed by atoms with Crippen LogP contribution in [0.1, 0.15) is 115 Å². The van der Waals surface area contributed by atoms with Gasteiger partial charge >= 0.3 is 24.4 Å². The van der Waals surface area contributed by atoms with Crippen LogP contribution in [0.15, 0.2) is 71.5 Å². The molecule has 5 fully saturated rings. The smallest absolute Gasteiger partial charge is 0.411 e. The number of halogens is 1. The minimum absolute atomic E-state index is 0.00399. The first kappa shape index (κ1) is 104. The highest BCUT2D eigenvalue weighted by Gasteiger charge is 2.54. The topological polar surface area (TPSA) is 470 Å².